The summed E-state index contributed by atoms with van der Waals surface area (Å²) in [7, 11) is 3.09. The summed E-state index contributed by atoms with van der Waals surface area (Å²) in [5.74, 6) is 1.10. The van der Waals surface area contributed by atoms with Gasteiger partial charge >= 0.3 is 0 Å². The van der Waals surface area contributed by atoms with Crippen molar-refractivity contribution in [2.75, 3.05) is 24.9 Å². The Hall–Kier alpha value is -3.61. The molecule has 0 radical (unpaired) electrons. The van der Waals surface area contributed by atoms with Crippen LogP contribution in [0.1, 0.15) is 16.1 Å². The van der Waals surface area contributed by atoms with Gasteiger partial charge < -0.3 is 20.1 Å². The van der Waals surface area contributed by atoms with E-state index in [1.54, 1.807) is 31.4 Å². The van der Waals surface area contributed by atoms with Gasteiger partial charge in [-0.1, -0.05) is 17.7 Å². The summed E-state index contributed by atoms with van der Waals surface area (Å²) in [4.78, 5) is 21.0. The molecule has 138 valence electrons. The van der Waals surface area contributed by atoms with Crippen molar-refractivity contribution in [3.63, 3.8) is 0 Å². The van der Waals surface area contributed by atoms with Crippen LogP contribution in [0.5, 0.6) is 11.5 Å². The van der Waals surface area contributed by atoms with Crippen LogP contribution in [0.2, 0.25) is 0 Å². The summed E-state index contributed by atoms with van der Waals surface area (Å²) >= 11 is 0. The highest BCUT2D eigenvalue weighted by Gasteiger charge is 2.13. The summed E-state index contributed by atoms with van der Waals surface area (Å²) in [6.45, 7) is 2.01. The highest BCUT2D eigenvalue weighted by molar-refractivity contribution is 6.03. The molecule has 1 aromatic heterocycles. The number of ether oxygens (including phenoxy) is 2. The van der Waals surface area contributed by atoms with Crippen molar-refractivity contribution in [3.8, 4) is 11.5 Å². The Morgan fingerprint density at radius 1 is 1.00 bits per heavy atom. The molecular formula is C20H20N4O3. The standard InChI is InChI=1S/C20H20N4O3/c1-13-4-6-14(7-5-13)22-20-21-11-10-17(24-20)19(25)23-16-9-8-15(26-2)12-18(16)27-3/h4-12H,1-3H3,(H,23,25)(H,21,22,24). The van der Waals surface area contributed by atoms with Crippen LogP contribution < -0.4 is 20.1 Å². The molecule has 0 aliphatic rings. The first-order valence-electron chi connectivity index (χ1n) is 8.29. The molecule has 7 heteroatoms. The number of carbonyl (C=O) groups excluding carboxylic acids is 1. The summed E-state index contributed by atoms with van der Waals surface area (Å²) in [5, 5.41) is 5.87. The largest absolute Gasteiger partial charge is 0.497 e. The van der Waals surface area contributed by atoms with E-state index in [9.17, 15) is 4.79 Å². The molecule has 3 rings (SSSR count). The molecular weight excluding hydrogens is 344 g/mol. The van der Waals surface area contributed by atoms with Crippen LogP contribution in [-0.4, -0.2) is 30.1 Å². The van der Waals surface area contributed by atoms with Gasteiger partial charge in [-0.3, -0.25) is 4.79 Å². The van der Waals surface area contributed by atoms with E-state index in [1.807, 2.05) is 31.2 Å². The van der Waals surface area contributed by atoms with Gasteiger partial charge in [0.2, 0.25) is 5.95 Å². The molecule has 0 atom stereocenters. The first-order chi connectivity index (χ1) is 13.1. The van der Waals surface area contributed by atoms with Crippen molar-refractivity contribution in [1.29, 1.82) is 0 Å². The fraction of sp³-hybridized carbons (Fsp3) is 0.150. The van der Waals surface area contributed by atoms with Crippen molar-refractivity contribution in [3.05, 3.63) is 66.0 Å². The Labute approximate surface area is 157 Å². The lowest BCUT2D eigenvalue weighted by molar-refractivity contribution is 0.102. The van der Waals surface area contributed by atoms with Gasteiger partial charge in [-0.25, -0.2) is 9.97 Å². The Bertz CT molecular complexity index is 942. The van der Waals surface area contributed by atoms with Gasteiger partial charge in [0.15, 0.2) is 0 Å². The van der Waals surface area contributed by atoms with E-state index in [4.69, 9.17) is 9.47 Å². The smallest absolute Gasteiger partial charge is 0.274 e. The summed E-state index contributed by atoms with van der Waals surface area (Å²) in [5.41, 5.74) is 2.76. The number of carbonyl (C=O) groups is 1. The van der Waals surface area contributed by atoms with Crippen LogP contribution in [0.4, 0.5) is 17.3 Å². The van der Waals surface area contributed by atoms with Crippen molar-refractivity contribution in [1.82, 2.24) is 9.97 Å². The third kappa shape index (κ3) is 4.52. The predicted octanol–water partition coefficient (Wildman–Crippen LogP) is 3.80. The highest BCUT2D eigenvalue weighted by Crippen LogP contribution is 2.29. The van der Waals surface area contributed by atoms with Crippen molar-refractivity contribution in [2.24, 2.45) is 0 Å². The zero-order valence-electron chi connectivity index (χ0n) is 15.3. The molecule has 0 aliphatic heterocycles. The van der Waals surface area contributed by atoms with E-state index in [-0.39, 0.29) is 11.6 Å². The molecule has 27 heavy (non-hydrogen) atoms. The second-order valence-corrected chi connectivity index (χ2v) is 5.78. The molecule has 0 spiro atoms. The summed E-state index contributed by atoms with van der Waals surface area (Å²) in [6, 6.07) is 14.5. The Morgan fingerprint density at radius 2 is 1.78 bits per heavy atom. The molecule has 0 saturated carbocycles. The van der Waals surface area contributed by atoms with Crippen LogP contribution in [-0.2, 0) is 0 Å². The third-order valence-corrected chi connectivity index (χ3v) is 3.85. The fourth-order valence-electron chi connectivity index (χ4n) is 2.40. The minimum absolute atomic E-state index is 0.234. The first kappa shape index (κ1) is 18.2. The number of aromatic nitrogens is 2. The monoisotopic (exact) mass is 364 g/mol. The topological polar surface area (TPSA) is 85.4 Å². The van der Waals surface area contributed by atoms with E-state index < -0.39 is 0 Å². The number of hydrogen-bond acceptors (Lipinski definition) is 6. The molecule has 2 aromatic carbocycles. The average Bonchev–Trinajstić information content (AvgIpc) is 2.70. The van der Waals surface area contributed by atoms with Crippen LogP contribution in [0.15, 0.2) is 54.7 Å². The average molecular weight is 364 g/mol. The minimum atomic E-state index is -0.368. The number of nitrogens with one attached hydrogen (secondary N) is 2. The van der Waals surface area contributed by atoms with Crippen molar-refractivity contribution < 1.29 is 14.3 Å². The van der Waals surface area contributed by atoms with Gasteiger partial charge in [-0.15, -0.1) is 0 Å². The molecule has 0 bridgehead atoms. The maximum Gasteiger partial charge on any atom is 0.274 e. The first-order valence-corrected chi connectivity index (χ1v) is 8.29. The maximum absolute atomic E-state index is 12.6. The minimum Gasteiger partial charge on any atom is -0.497 e. The van der Waals surface area contributed by atoms with Crippen molar-refractivity contribution in [2.45, 2.75) is 6.92 Å². The number of amides is 1. The number of anilines is 3. The zero-order chi connectivity index (χ0) is 19.2. The molecule has 0 unspecified atom stereocenters. The van der Waals surface area contributed by atoms with Crippen molar-refractivity contribution >= 4 is 23.2 Å². The van der Waals surface area contributed by atoms with Crippen LogP contribution in [0.25, 0.3) is 0 Å². The lowest BCUT2D eigenvalue weighted by atomic mass is 10.2. The van der Waals surface area contributed by atoms with Gasteiger partial charge in [0.05, 0.1) is 19.9 Å². The lowest BCUT2D eigenvalue weighted by Gasteiger charge is -2.12. The second kappa shape index (κ2) is 8.18. The molecule has 1 heterocycles. The zero-order valence-corrected chi connectivity index (χ0v) is 15.3. The van der Waals surface area contributed by atoms with Crippen LogP contribution in [0, 0.1) is 6.92 Å². The van der Waals surface area contributed by atoms with Gasteiger partial charge in [0.25, 0.3) is 5.91 Å². The number of benzene rings is 2. The molecule has 7 nitrogen and oxygen atoms in total. The lowest BCUT2D eigenvalue weighted by Crippen LogP contribution is -2.15. The SMILES string of the molecule is COc1ccc(NC(=O)c2ccnc(Nc3ccc(C)cc3)n2)c(OC)c1. The fourth-order valence-corrected chi connectivity index (χ4v) is 2.40. The quantitative estimate of drug-likeness (QED) is 0.692. The molecule has 0 fully saturated rings. The predicted molar refractivity (Wildman–Crippen MR) is 104 cm³/mol. The second-order valence-electron chi connectivity index (χ2n) is 5.78. The van der Waals surface area contributed by atoms with Gasteiger partial charge in [-0.05, 0) is 37.3 Å². The number of methoxy groups -OCH3 is 2. The normalized spacial score (nSPS) is 10.2. The Kier molecular flexibility index (Phi) is 5.51. The molecule has 3 aromatic rings. The van der Waals surface area contributed by atoms with E-state index in [0.29, 0.717) is 23.1 Å². The van der Waals surface area contributed by atoms with Gasteiger partial charge in [-0.2, -0.15) is 0 Å². The molecule has 1 amide bonds. The van der Waals surface area contributed by atoms with E-state index in [2.05, 4.69) is 20.6 Å². The number of hydrogen-bond donors (Lipinski definition) is 2. The highest BCUT2D eigenvalue weighted by atomic mass is 16.5. The number of nitrogens with zero attached hydrogens (tertiary/aromatic N) is 2. The molecule has 0 aliphatic carbocycles. The summed E-state index contributed by atoms with van der Waals surface area (Å²) in [6.07, 6.45) is 1.53. The Morgan fingerprint density at radius 3 is 2.48 bits per heavy atom. The third-order valence-electron chi connectivity index (χ3n) is 3.85. The van der Waals surface area contributed by atoms with Gasteiger partial charge in [0.1, 0.15) is 17.2 Å². The van der Waals surface area contributed by atoms with Crippen LogP contribution >= 0.6 is 0 Å². The number of aryl methyl sites for hydroxylation is 1. The van der Waals surface area contributed by atoms with E-state index in [1.165, 1.54) is 13.3 Å². The summed E-state index contributed by atoms with van der Waals surface area (Å²) < 4.78 is 10.5. The molecule has 0 saturated heterocycles. The number of rotatable bonds is 6. The van der Waals surface area contributed by atoms with E-state index in [0.717, 1.165) is 11.3 Å². The van der Waals surface area contributed by atoms with Crippen LogP contribution in [0.3, 0.4) is 0 Å². The van der Waals surface area contributed by atoms with Gasteiger partial charge in [0, 0.05) is 18.0 Å². The van der Waals surface area contributed by atoms with E-state index >= 15 is 0 Å². The Balaban J connectivity index is 1.76. The molecule has 2 N–H and O–H groups in total. The maximum atomic E-state index is 12.6.